The van der Waals surface area contributed by atoms with Crippen molar-refractivity contribution in [3.63, 3.8) is 0 Å². The van der Waals surface area contributed by atoms with Crippen LogP contribution in [0.3, 0.4) is 0 Å². The van der Waals surface area contributed by atoms with Crippen LogP contribution in [0, 0.1) is 6.92 Å². The number of fused-ring (bicyclic) bond motifs is 1. The monoisotopic (exact) mass is 459 g/mol. The van der Waals surface area contributed by atoms with Crippen LogP contribution in [0.15, 0.2) is 42.5 Å². The van der Waals surface area contributed by atoms with Crippen molar-refractivity contribution in [2.45, 2.75) is 39.7 Å². The molecule has 0 radical (unpaired) electrons. The summed E-state index contributed by atoms with van der Waals surface area (Å²) in [5, 5.41) is 5.59. The zero-order valence-corrected chi connectivity index (χ0v) is 19.5. The van der Waals surface area contributed by atoms with Gasteiger partial charge < -0.3 is 20.3 Å². The van der Waals surface area contributed by atoms with Crippen LogP contribution < -0.4 is 15.5 Å². The fourth-order valence-corrected chi connectivity index (χ4v) is 3.58. The molecule has 0 saturated heterocycles. The van der Waals surface area contributed by atoms with Crippen molar-refractivity contribution in [1.29, 1.82) is 0 Å². The summed E-state index contributed by atoms with van der Waals surface area (Å²) >= 11 is 0. The third-order valence-electron chi connectivity index (χ3n) is 5.37. The van der Waals surface area contributed by atoms with Crippen LogP contribution >= 0.6 is 12.4 Å². The minimum atomic E-state index is -0.747. The van der Waals surface area contributed by atoms with Crippen molar-refractivity contribution in [1.82, 2.24) is 5.32 Å². The van der Waals surface area contributed by atoms with Crippen LogP contribution in [-0.2, 0) is 20.7 Å². The number of halogens is 1. The molecule has 7 nitrogen and oxygen atoms in total. The Kier molecular flexibility index (Phi) is 9.08. The van der Waals surface area contributed by atoms with Gasteiger partial charge in [-0.1, -0.05) is 23.8 Å². The molecule has 8 heteroatoms. The molecule has 0 aliphatic carbocycles. The second kappa shape index (κ2) is 11.5. The van der Waals surface area contributed by atoms with E-state index < -0.39 is 12.0 Å². The summed E-state index contributed by atoms with van der Waals surface area (Å²) in [5.41, 5.74) is 4.55. The molecule has 1 heterocycles. The van der Waals surface area contributed by atoms with E-state index in [9.17, 15) is 14.4 Å². The highest BCUT2D eigenvalue weighted by Crippen LogP contribution is 2.31. The number of likely N-dealkylation sites (N-methyl/N-ethyl adjacent to an activating group) is 1. The molecule has 0 spiro atoms. The smallest absolute Gasteiger partial charge is 0.328 e. The molecule has 1 aliphatic heterocycles. The number of carbonyl (C=O) groups excluding carboxylic acids is 3. The maximum atomic E-state index is 12.3. The van der Waals surface area contributed by atoms with E-state index in [-0.39, 0.29) is 30.8 Å². The molecule has 1 aliphatic rings. The molecule has 3 rings (SSSR count). The van der Waals surface area contributed by atoms with E-state index in [0.717, 1.165) is 29.0 Å². The average Bonchev–Trinajstić information content (AvgIpc) is 2.76. The van der Waals surface area contributed by atoms with Crippen LogP contribution in [0.4, 0.5) is 11.4 Å². The first-order valence-electron chi connectivity index (χ1n) is 10.6. The topological polar surface area (TPSA) is 87.7 Å². The van der Waals surface area contributed by atoms with Gasteiger partial charge in [-0.15, -0.1) is 12.4 Å². The number of carbonyl (C=O) groups is 3. The summed E-state index contributed by atoms with van der Waals surface area (Å²) in [6.07, 6.45) is 1.16. The molecule has 2 amide bonds. The van der Waals surface area contributed by atoms with E-state index in [1.54, 1.807) is 19.1 Å². The van der Waals surface area contributed by atoms with Crippen molar-refractivity contribution < 1.29 is 19.1 Å². The van der Waals surface area contributed by atoms with E-state index in [2.05, 4.69) is 15.5 Å². The minimum Gasteiger partial charge on any atom is -0.462 e. The van der Waals surface area contributed by atoms with Gasteiger partial charge in [-0.2, -0.15) is 0 Å². The van der Waals surface area contributed by atoms with Gasteiger partial charge in [0.05, 0.1) is 6.54 Å². The number of nitrogens with one attached hydrogen (secondary N) is 2. The lowest BCUT2D eigenvalue weighted by Gasteiger charge is -2.29. The fourth-order valence-electron chi connectivity index (χ4n) is 3.58. The quantitative estimate of drug-likeness (QED) is 0.590. The number of rotatable bonds is 8. The first kappa shape index (κ1) is 25.2. The highest BCUT2D eigenvalue weighted by atomic mass is 35.5. The minimum absolute atomic E-state index is 0. The molecule has 1 atom stereocenters. The molecule has 0 unspecified atom stereocenters. The zero-order chi connectivity index (χ0) is 22.4. The zero-order valence-electron chi connectivity index (χ0n) is 18.6. The Morgan fingerprint density at radius 3 is 2.56 bits per heavy atom. The van der Waals surface area contributed by atoms with Crippen molar-refractivity contribution >= 4 is 41.6 Å². The van der Waals surface area contributed by atoms with Gasteiger partial charge in [-0.05, 0) is 57.0 Å². The lowest BCUT2D eigenvalue weighted by atomic mass is 10.00. The Morgan fingerprint density at radius 2 is 1.88 bits per heavy atom. The number of amides is 2. The lowest BCUT2D eigenvalue weighted by molar-refractivity contribution is -0.145. The molecule has 0 bridgehead atoms. The SMILES string of the molecule is CCN(CCOC(=O)[C@H](C)NC(=O)c1ccc(C)cc1)c1cccc2c1CCC(=O)N2.Cl. The summed E-state index contributed by atoms with van der Waals surface area (Å²) in [6.45, 7) is 7.05. The maximum Gasteiger partial charge on any atom is 0.328 e. The van der Waals surface area contributed by atoms with Crippen molar-refractivity contribution in [3.8, 4) is 0 Å². The summed E-state index contributed by atoms with van der Waals surface area (Å²) in [4.78, 5) is 38.4. The van der Waals surface area contributed by atoms with E-state index in [0.29, 0.717) is 24.9 Å². The standard InChI is InChI=1S/C24H29N3O4.ClH/c1-4-27(21-7-5-6-20-19(21)12-13-22(28)26-20)14-15-31-24(30)17(3)25-23(29)18-10-8-16(2)9-11-18;/h5-11,17H,4,12-15H2,1-3H3,(H,25,29)(H,26,28);1H/t17-;/m0./s1. The fraction of sp³-hybridized carbons (Fsp3) is 0.375. The van der Waals surface area contributed by atoms with Gasteiger partial charge in [-0.25, -0.2) is 4.79 Å². The van der Waals surface area contributed by atoms with Gasteiger partial charge in [0.1, 0.15) is 12.6 Å². The predicted molar refractivity (Wildman–Crippen MR) is 128 cm³/mol. The molecule has 32 heavy (non-hydrogen) atoms. The average molecular weight is 460 g/mol. The molecular formula is C24H30ClN3O4. The summed E-state index contributed by atoms with van der Waals surface area (Å²) in [5.74, 6) is -0.750. The molecule has 0 aromatic heterocycles. The van der Waals surface area contributed by atoms with E-state index in [4.69, 9.17) is 4.74 Å². The Labute approximate surface area is 194 Å². The van der Waals surface area contributed by atoms with Gasteiger partial charge in [0.25, 0.3) is 5.91 Å². The number of hydrogen-bond acceptors (Lipinski definition) is 5. The Morgan fingerprint density at radius 1 is 1.16 bits per heavy atom. The molecule has 0 saturated carbocycles. The third-order valence-corrected chi connectivity index (χ3v) is 5.37. The summed E-state index contributed by atoms with van der Waals surface area (Å²) in [7, 11) is 0. The Bertz CT molecular complexity index is 962. The van der Waals surface area contributed by atoms with E-state index in [1.165, 1.54) is 0 Å². The number of ether oxygens (including phenoxy) is 1. The third kappa shape index (κ3) is 6.23. The summed E-state index contributed by atoms with van der Waals surface area (Å²) < 4.78 is 5.41. The van der Waals surface area contributed by atoms with E-state index >= 15 is 0 Å². The molecule has 2 aromatic rings. The lowest BCUT2D eigenvalue weighted by Crippen LogP contribution is -2.40. The normalized spacial score (nSPS) is 13.2. The van der Waals surface area contributed by atoms with Crippen molar-refractivity contribution in [2.75, 3.05) is 29.9 Å². The van der Waals surface area contributed by atoms with Crippen molar-refractivity contribution in [3.05, 3.63) is 59.2 Å². The van der Waals surface area contributed by atoms with Crippen LogP contribution in [0.25, 0.3) is 0 Å². The first-order valence-corrected chi connectivity index (χ1v) is 10.6. The highest BCUT2D eigenvalue weighted by Gasteiger charge is 2.21. The molecule has 172 valence electrons. The molecule has 2 aromatic carbocycles. The van der Waals surface area contributed by atoms with Gasteiger partial charge >= 0.3 is 5.97 Å². The van der Waals surface area contributed by atoms with Gasteiger partial charge in [0, 0.05) is 29.9 Å². The molecule has 2 N–H and O–H groups in total. The van der Waals surface area contributed by atoms with Crippen molar-refractivity contribution in [2.24, 2.45) is 0 Å². The number of aryl methyl sites for hydroxylation is 1. The number of hydrogen-bond donors (Lipinski definition) is 2. The van der Waals surface area contributed by atoms with Gasteiger partial charge in [0.2, 0.25) is 5.91 Å². The summed E-state index contributed by atoms with van der Waals surface area (Å²) in [6, 6.07) is 12.3. The largest absolute Gasteiger partial charge is 0.462 e. The van der Waals surface area contributed by atoms with Crippen LogP contribution in [0.5, 0.6) is 0 Å². The maximum absolute atomic E-state index is 12.3. The number of nitrogens with zero attached hydrogens (tertiary/aromatic N) is 1. The second-order valence-electron chi connectivity index (χ2n) is 7.66. The van der Waals surface area contributed by atoms with Crippen LogP contribution in [0.2, 0.25) is 0 Å². The Hall–Kier alpha value is -3.06. The number of benzene rings is 2. The Balaban J connectivity index is 0.00000363. The number of anilines is 2. The second-order valence-corrected chi connectivity index (χ2v) is 7.66. The van der Waals surface area contributed by atoms with Crippen LogP contribution in [0.1, 0.15) is 41.8 Å². The number of esters is 1. The molecular weight excluding hydrogens is 430 g/mol. The predicted octanol–water partition coefficient (Wildman–Crippen LogP) is 3.49. The first-order chi connectivity index (χ1) is 14.9. The highest BCUT2D eigenvalue weighted by molar-refractivity contribution is 5.97. The van der Waals surface area contributed by atoms with Crippen LogP contribution in [-0.4, -0.2) is 43.5 Å². The van der Waals surface area contributed by atoms with Gasteiger partial charge in [0.15, 0.2) is 0 Å². The van der Waals surface area contributed by atoms with E-state index in [1.807, 2.05) is 44.2 Å². The van der Waals surface area contributed by atoms with Gasteiger partial charge in [-0.3, -0.25) is 9.59 Å². The molecule has 0 fully saturated rings.